The Hall–Kier alpha value is -2.25. The Morgan fingerprint density at radius 1 is 0.826 bits per heavy atom. The van der Waals surface area contributed by atoms with Gasteiger partial charge in [-0.05, 0) is 51.9 Å². The maximum Gasteiger partial charge on any atom is 0.119 e. The number of ether oxygens (including phenoxy) is 1. The summed E-state index contributed by atoms with van der Waals surface area (Å²) in [6.45, 7) is 0. The molecule has 3 aromatic rings. The third-order valence-electron chi connectivity index (χ3n) is 4.50. The highest BCUT2D eigenvalue weighted by atomic mass is 35.5. The van der Waals surface area contributed by atoms with Crippen molar-refractivity contribution in [3.63, 3.8) is 0 Å². The number of fused-ring (bicyclic) bond motifs is 3. The highest BCUT2D eigenvalue weighted by Crippen LogP contribution is 2.40. The first-order valence-electron chi connectivity index (χ1n) is 7.75. The van der Waals surface area contributed by atoms with Crippen LogP contribution in [0.2, 0.25) is 0 Å². The summed E-state index contributed by atoms with van der Waals surface area (Å²) in [5, 5.41) is -0.111. The number of methoxy groups -OCH3 is 1. The summed E-state index contributed by atoms with van der Waals surface area (Å²) >= 11 is 6.67. The van der Waals surface area contributed by atoms with E-state index in [0.717, 1.165) is 23.3 Å². The van der Waals surface area contributed by atoms with Gasteiger partial charge in [0.05, 0.1) is 12.5 Å². The van der Waals surface area contributed by atoms with Gasteiger partial charge in [0.25, 0.3) is 0 Å². The Labute approximate surface area is 141 Å². The Morgan fingerprint density at radius 2 is 1.52 bits per heavy atom. The van der Waals surface area contributed by atoms with Gasteiger partial charge in [0.15, 0.2) is 0 Å². The lowest BCUT2D eigenvalue weighted by Gasteiger charge is -2.12. The minimum atomic E-state index is -0.111. The molecule has 4 rings (SSSR count). The van der Waals surface area contributed by atoms with E-state index in [1.165, 1.54) is 22.3 Å². The molecule has 0 heterocycles. The SMILES string of the molecule is COc1ccc2c(c1)Cc1cc(C(Cl)c3ccccc3)ccc1-2. The third-order valence-corrected chi connectivity index (χ3v) is 5.00. The number of halogens is 1. The molecule has 3 aromatic carbocycles. The Bertz CT molecular complexity index is 855. The van der Waals surface area contributed by atoms with E-state index in [0.29, 0.717) is 0 Å². The monoisotopic (exact) mass is 320 g/mol. The van der Waals surface area contributed by atoms with Crippen molar-refractivity contribution < 1.29 is 4.74 Å². The molecular formula is C21H17ClO. The predicted molar refractivity (Wildman–Crippen MR) is 95.4 cm³/mol. The summed E-state index contributed by atoms with van der Waals surface area (Å²) in [6.07, 6.45) is 0.939. The van der Waals surface area contributed by atoms with Crippen LogP contribution in [0.3, 0.4) is 0 Å². The maximum atomic E-state index is 6.67. The van der Waals surface area contributed by atoms with Crippen LogP contribution < -0.4 is 4.74 Å². The number of hydrogen-bond donors (Lipinski definition) is 0. The van der Waals surface area contributed by atoms with Gasteiger partial charge in [0.1, 0.15) is 5.75 Å². The Balaban J connectivity index is 1.70. The number of alkyl halides is 1. The zero-order chi connectivity index (χ0) is 15.8. The van der Waals surface area contributed by atoms with E-state index < -0.39 is 0 Å². The molecule has 1 aliphatic carbocycles. The summed E-state index contributed by atoms with van der Waals surface area (Å²) in [4.78, 5) is 0. The molecule has 2 heteroatoms. The normalized spacial score (nSPS) is 13.3. The molecule has 0 amide bonds. The maximum absolute atomic E-state index is 6.67. The quantitative estimate of drug-likeness (QED) is 0.447. The molecule has 0 saturated heterocycles. The van der Waals surface area contributed by atoms with Crippen LogP contribution in [0.1, 0.15) is 27.6 Å². The third kappa shape index (κ3) is 2.51. The average Bonchev–Trinajstić information content (AvgIpc) is 2.98. The molecule has 1 aliphatic rings. The van der Waals surface area contributed by atoms with E-state index in [1.54, 1.807) is 7.11 Å². The van der Waals surface area contributed by atoms with E-state index in [-0.39, 0.29) is 5.38 Å². The van der Waals surface area contributed by atoms with Crippen molar-refractivity contribution in [2.24, 2.45) is 0 Å². The first-order valence-corrected chi connectivity index (χ1v) is 8.19. The van der Waals surface area contributed by atoms with Crippen LogP contribution in [-0.2, 0) is 6.42 Å². The molecule has 0 spiro atoms. The zero-order valence-electron chi connectivity index (χ0n) is 12.9. The molecule has 23 heavy (non-hydrogen) atoms. The van der Waals surface area contributed by atoms with Gasteiger partial charge in [0, 0.05) is 0 Å². The lowest BCUT2D eigenvalue weighted by molar-refractivity contribution is 0.414. The lowest BCUT2D eigenvalue weighted by atomic mass is 9.99. The smallest absolute Gasteiger partial charge is 0.119 e. The minimum absolute atomic E-state index is 0.111. The summed E-state index contributed by atoms with van der Waals surface area (Å²) in [5.74, 6) is 0.913. The largest absolute Gasteiger partial charge is 0.497 e. The average molecular weight is 321 g/mol. The Kier molecular flexibility index (Phi) is 3.59. The van der Waals surface area contributed by atoms with Crippen LogP contribution in [0.15, 0.2) is 66.7 Å². The predicted octanol–water partition coefficient (Wildman–Crippen LogP) is 5.59. The second kappa shape index (κ2) is 5.75. The molecule has 0 saturated carbocycles. The Morgan fingerprint density at radius 3 is 2.26 bits per heavy atom. The van der Waals surface area contributed by atoms with E-state index in [4.69, 9.17) is 16.3 Å². The molecule has 0 bridgehead atoms. The number of rotatable bonds is 3. The van der Waals surface area contributed by atoms with Gasteiger partial charge in [0.2, 0.25) is 0 Å². The summed E-state index contributed by atoms with van der Waals surface area (Å²) in [6, 6.07) is 23.1. The molecule has 0 fully saturated rings. The van der Waals surface area contributed by atoms with Crippen molar-refractivity contribution in [2.75, 3.05) is 7.11 Å². The second-order valence-corrected chi connectivity index (χ2v) is 6.33. The molecule has 1 unspecified atom stereocenters. The summed E-state index contributed by atoms with van der Waals surface area (Å²) in [7, 11) is 1.71. The van der Waals surface area contributed by atoms with Crippen LogP contribution >= 0.6 is 11.6 Å². The fraction of sp³-hybridized carbons (Fsp3) is 0.143. The molecule has 1 atom stereocenters. The first-order chi connectivity index (χ1) is 11.3. The van der Waals surface area contributed by atoms with Crippen molar-refractivity contribution in [2.45, 2.75) is 11.8 Å². The second-order valence-electron chi connectivity index (χ2n) is 5.89. The van der Waals surface area contributed by atoms with Gasteiger partial charge in [-0.3, -0.25) is 0 Å². The highest BCUT2D eigenvalue weighted by molar-refractivity contribution is 6.22. The van der Waals surface area contributed by atoms with Crippen molar-refractivity contribution in [1.29, 1.82) is 0 Å². The van der Waals surface area contributed by atoms with Gasteiger partial charge in [-0.2, -0.15) is 0 Å². The molecule has 0 aromatic heterocycles. The van der Waals surface area contributed by atoms with E-state index in [9.17, 15) is 0 Å². The topological polar surface area (TPSA) is 9.23 Å². The lowest BCUT2D eigenvalue weighted by Crippen LogP contribution is -1.94. The van der Waals surface area contributed by atoms with E-state index in [2.05, 4.69) is 42.5 Å². The van der Waals surface area contributed by atoms with E-state index in [1.807, 2.05) is 24.3 Å². The summed E-state index contributed by atoms with van der Waals surface area (Å²) in [5.41, 5.74) is 7.55. The minimum Gasteiger partial charge on any atom is -0.497 e. The van der Waals surface area contributed by atoms with Gasteiger partial charge >= 0.3 is 0 Å². The van der Waals surface area contributed by atoms with Gasteiger partial charge < -0.3 is 4.74 Å². The van der Waals surface area contributed by atoms with Crippen LogP contribution in [0.5, 0.6) is 5.75 Å². The summed E-state index contributed by atoms with van der Waals surface area (Å²) < 4.78 is 5.34. The molecule has 114 valence electrons. The van der Waals surface area contributed by atoms with Crippen molar-refractivity contribution >= 4 is 11.6 Å². The molecule has 0 aliphatic heterocycles. The van der Waals surface area contributed by atoms with Gasteiger partial charge in [-0.15, -0.1) is 11.6 Å². The van der Waals surface area contributed by atoms with Crippen molar-refractivity contribution in [1.82, 2.24) is 0 Å². The highest BCUT2D eigenvalue weighted by Gasteiger charge is 2.21. The molecule has 1 nitrogen and oxygen atoms in total. The fourth-order valence-corrected chi connectivity index (χ4v) is 3.59. The van der Waals surface area contributed by atoms with Crippen molar-refractivity contribution in [3.05, 3.63) is 89.0 Å². The molecule has 0 radical (unpaired) electrons. The molecule has 0 N–H and O–H groups in total. The van der Waals surface area contributed by atoms with Crippen LogP contribution in [-0.4, -0.2) is 7.11 Å². The number of hydrogen-bond acceptors (Lipinski definition) is 1. The standard InChI is InChI=1S/C21H17ClO/c1-23-18-8-10-20-17(13-18)12-16-11-15(7-9-19(16)20)21(22)14-5-3-2-4-6-14/h2-11,13,21H,12H2,1H3. The zero-order valence-corrected chi connectivity index (χ0v) is 13.7. The van der Waals surface area contributed by atoms with Crippen LogP contribution in [0.4, 0.5) is 0 Å². The fourth-order valence-electron chi connectivity index (χ4n) is 3.31. The van der Waals surface area contributed by atoms with Gasteiger partial charge in [-0.25, -0.2) is 0 Å². The van der Waals surface area contributed by atoms with Crippen LogP contribution in [0, 0.1) is 0 Å². The van der Waals surface area contributed by atoms with E-state index >= 15 is 0 Å². The molecular weight excluding hydrogens is 304 g/mol. The van der Waals surface area contributed by atoms with Crippen molar-refractivity contribution in [3.8, 4) is 16.9 Å². The number of benzene rings is 3. The van der Waals surface area contributed by atoms with Crippen LogP contribution in [0.25, 0.3) is 11.1 Å². The van der Waals surface area contributed by atoms with Gasteiger partial charge in [-0.1, -0.05) is 54.6 Å². The first kappa shape index (κ1) is 14.3.